The van der Waals surface area contributed by atoms with Gasteiger partial charge in [-0.2, -0.15) is 0 Å². The fraction of sp³-hybridized carbons (Fsp3) is 0.636. The van der Waals surface area contributed by atoms with Gasteiger partial charge in [-0.15, -0.1) is 0 Å². The van der Waals surface area contributed by atoms with E-state index in [-0.39, 0.29) is 0 Å². The van der Waals surface area contributed by atoms with Crippen LogP contribution in [0.3, 0.4) is 0 Å². The quantitative estimate of drug-likeness (QED) is 0.526. The molecule has 0 amide bonds. The second kappa shape index (κ2) is 3.75. The van der Waals surface area contributed by atoms with Gasteiger partial charge in [0, 0.05) is 0 Å². The number of hydrogen-bond donors (Lipinski definition) is 0. The third-order valence-corrected chi connectivity index (χ3v) is 2.39. The minimum absolute atomic E-state index is 0.463. The minimum atomic E-state index is 0.463. The molecule has 0 bridgehead atoms. The van der Waals surface area contributed by atoms with E-state index < -0.39 is 0 Å². The monoisotopic (exact) mass is 150 g/mol. The topological polar surface area (TPSA) is 0 Å². The van der Waals surface area contributed by atoms with Crippen LogP contribution < -0.4 is 0 Å². The standard InChI is InChI=1S/C11H18/c1-3-4-8-11(2)9-6-5-7-10-11/h4-6,8H,3,7,9-10H2,1-2H3/b8-4+. The van der Waals surface area contributed by atoms with Gasteiger partial charge in [0.2, 0.25) is 0 Å². The molecular weight excluding hydrogens is 132 g/mol. The molecule has 0 heteroatoms. The average Bonchev–Trinajstić information content (AvgIpc) is 2.03. The van der Waals surface area contributed by atoms with Crippen molar-refractivity contribution in [2.75, 3.05) is 0 Å². The lowest BCUT2D eigenvalue weighted by atomic mass is 9.79. The Morgan fingerprint density at radius 2 is 2.27 bits per heavy atom. The molecule has 11 heavy (non-hydrogen) atoms. The van der Waals surface area contributed by atoms with Crippen molar-refractivity contribution >= 4 is 0 Å². The molecule has 0 radical (unpaired) electrons. The molecule has 0 saturated heterocycles. The SMILES string of the molecule is CC/C=C/C1(C)CC=CCC1. The Balaban J connectivity index is 2.52. The lowest BCUT2D eigenvalue weighted by molar-refractivity contribution is 0.385. The molecule has 1 aliphatic carbocycles. The summed E-state index contributed by atoms with van der Waals surface area (Å²) >= 11 is 0. The van der Waals surface area contributed by atoms with Gasteiger partial charge in [0.25, 0.3) is 0 Å². The molecule has 0 aromatic rings. The van der Waals surface area contributed by atoms with Gasteiger partial charge in [-0.05, 0) is 31.1 Å². The van der Waals surface area contributed by atoms with Crippen LogP contribution in [0.2, 0.25) is 0 Å². The van der Waals surface area contributed by atoms with Gasteiger partial charge in [-0.1, -0.05) is 38.2 Å². The molecular formula is C11H18. The first-order chi connectivity index (χ1) is 5.27. The molecule has 0 aromatic heterocycles. The molecule has 0 aliphatic heterocycles. The fourth-order valence-corrected chi connectivity index (χ4v) is 1.54. The Labute approximate surface area is 70.0 Å². The smallest absolute Gasteiger partial charge is 0.0109 e. The van der Waals surface area contributed by atoms with Crippen molar-refractivity contribution < 1.29 is 0 Å². The predicted molar refractivity (Wildman–Crippen MR) is 50.5 cm³/mol. The summed E-state index contributed by atoms with van der Waals surface area (Å²) in [6.45, 7) is 4.54. The maximum absolute atomic E-state index is 2.39. The van der Waals surface area contributed by atoms with Crippen molar-refractivity contribution in [1.82, 2.24) is 0 Å². The molecule has 62 valence electrons. The molecule has 1 rings (SSSR count). The van der Waals surface area contributed by atoms with Gasteiger partial charge >= 0.3 is 0 Å². The summed E-state index contributed by atoms with van der Waals surface area (Å²) in [4.78, 5) is 0. The van der Waals surface area contributed by atoms with Crippen molar-refractivity contribution in [1.29, 1.82) is 0 Å². The first kappa shape index (κ1) is 8.58. The van der Waals surface area contributed by atoms with Crippen LogP contribution in [-0.4, -0.2) is 0 Å². The summed E-state index contributed by atoms with van der Waals surface area (Å²) in [6, 6.07) is 0. The Morgan fingerprint density at radius 3 is 2.82 bits per heavy atom. The van der Waals surface area contributed by atoms with E-state index in [2.05, 4.69) is 38.2 Å². The third-order valence-electron chi connectivity index (χ3n) is 2.39. The maximum Gasteiger partial charge on any atom is -0.0109 e. The average molecular weight is 150 g/mol. The number of allylic oxidation sites excluding steroid dienone is 4. The molecule has 0 fully saturated rings. The van der Waals surface area contributed by atoms with Gasteiger partial charge in [-0.25, -0.2) is 0 Å². The fourth-order valence-electron chi connectivity index (χ4n) is 1.54. The molecule has 0 aromatic carbocycles. The molecule has 0 spiro atoms. The maximum atomic E-state index is 2.39. The molecule has 0 nitrogen and oxygen atoms in total. The van der Waals surface area contributed by atoms with E-state index in [1.807, 2.05) is 0 Å². The van der Waals surface area contributed by atoms with Gasteiger partial charge in [-0.3, -0.25) is 0 Å². The van der Waals surface area contributed by atoms with Crippen LogP contribution in [0.1, 0.15) is 39.5 Å². The summed E-state index contributed by atoms with van der Waals surface area (Å²) in [7, 11) is 0. The van der Waals surface area contributed by atoms with E-state index in [9.17, 15) is 0 Å². The molecule has 0 N–H and O–H groups in total. The van der Waals surface area contributed by atoms with Gasteiger partial charge in [0.15, 0.2) is 0 Å². The van der Waals surface area contributed by atoms with Crippen LogP contribution >= 0.6 is 0 Å². The molecule has 1 atom stereocenters. The van der Waals surface area contributed by atoms with Crippen molar-refractivity contribution in [3.05, 3.63) is 24.3 Å². The lowest BCUT2D eigenvalue weighted by Gasteiger charge is -2.26. The summed E-state index contributed by atoms with van der Waals surface area (Å²) in [5.74, 6) is 0. The second-order valence-electron chi connectivity index (χ2n) is 3.68. The van der Waals surface area contributed by atoms with Crippen molar-refractivity contribution in [3.63, 3.8) is 0 Å². The number of hydrogen-bond acceptors (Lipinski definition) is 0. The molecule has 1 unspecified atom stereocenters. The van der Waals surface area contributed by atoms with Gasteiger partial charge in [0.1, 0.15) is 0 Å². The zero-order valence-electron chi connectivity index (χ0n) is 7.64. The first-order valence-corrected chi connectivity index (χ1v) is 4.59. The highest BCUT2D eigenvalue weighted by atomic mass is 14.2. The summed E-state index contributed by atoms with van der Waals surface area (Å²) in [5, 5.41) is 0. The summed E-state index contributed by atoms with van der Waals surface area (Å²) in [6.07, 6.45) is 14.2. The second-order valence-corrected chi connectivity index (χ2v) is 3.68. The Kier molecular flexibility index (Phi) is 2.92. The highest BCUT2D eigenvalue weighted by molar-refractivity contribution is 5.05. The molecule has 0 heterocycles. The van der Waals surface area contributed by atoms with Gasteiger partial charge in [0.05, 0.1) is 0 Å². The van der Waals surface area contributed by atoms with E-state index in [1.54, 1.807) is 0 Å². The summed E-state index contributed by atoms with van der Waals surface area (Å²) in [5.41, 5.74) is 0.463. The highest BCUT2D eigenvalue weighted by Gasteiger charge is 2.19. The van der Waals surface area contributed by atoms with Crippen molar-refractivity contribution in [2.45, 2.75) is 39.5 Å². The largest absolute Gasteiger partial charge is 0.0885 e. The molecule has 0 saturated carbocycles. The summed E-state index contributed by atoms with van der Waals surface area (Å²) < 4.78 is 0. The van der Waals surface area contributed by atoms with Crippen LogP contribution in [0.5, 0.6) is 0 Å². The normalized spacial score (nSPS) is 31.5. The van der Waals surface area contributed by atoms with Crippen LogP contribution in [0.25, 0.3) is 0 Å². The van der Waals surface area contributed by atoms with Crippen molar-refractivity contribution in [3.8, 4) is 0 Å². The Hall–Kier alpha value is -0.520. The third kappa shape index (κ3) is 2.53. The Morgan fingerprint density at radius 1 is 1.45 bits per heavy atom. The van der Waals surface area contributed by atoms with Crippen molar-refractivity contribution in [2.24, 2.45) is 5.41 Å². The minimum Gasteiger partial charge on any atom is -0.0885 e. The first-order valence-electron chi connectivity index (χ1n) is 4.59. The number of rotatable bonds is 2. The van der Waals surface area contributed by atoms with E-state index in [0.29, 0.717) is 5.41 Å². The van der Waals surface area contributed by atoms with E-state index in [4.69, 9.17) is 0 Å². The highest BCUT2D eigenvalue weighted by Crippen LogP contribution is 2.33. The van der Waals surface area contributed by atoms with Crippen LogP contribution in [-0.2, 0) is 0 Å². The lowest BCUT2D eigenvalue weighted by Crippen LogP contribution is -2.13. The zero-order valence-corrected chi connectivity index (χ0v) is 7.64. The van der Waals surface area contributed by atoms with E-state index in [0.717, 1.165) is 0 Å². The molecule has 1 aliphatic rings. The zero-order chi connectivity index (χ0) is 8.16. The van der Waals surface area contributed by atoms with Crippen LogP contribution in [0.15, 0.2) is 24.3 Å². The van der Waals surface area contributed by atoms with Crippen LogP contribution in [0, 0.1) is 5.41 Å². The Bertz CT molecular complexity index is 165. The van der Waals surface area contributed by atoms with Crippen LogP contribution in [0.4, 0.5) is 0 Å². The van der Waals surface area contributed by atoms with E-state index in [1.165, 1.54) is 25.7 Å². The van der Waals surface area contributed by atoms with E-state index >= 15 is 0 Å². The predicted octanol–water partition coefficient (Wildman–Crippen LogP) is 3.70. The van der Waals surface area contributed by atoms with Gasteiger partial charge < -0.3 is 0 Å².